The lowest BCUT2D eigenvalue weighted by atomic mass is 10.0. The first-order valence-corrected chi connectivity index (χ1v) is 5.92. The Morgan fingerprint density at radius 2 is 1.68 bits per heavy atom. The van der Waals surface area contributed by atoms with Gasteiger partial charge in [0.2, 0.25) is 0 Å². The van der Waals surface area contributed by atoms with Gasteiger partial charge in [-0.15, -0.1) is 0 Å². The van der Waals surface area contributed by atoms with E-state index in [1.54, 1.807) is 6.07 Å². The summed E-state index contributed by atoms with van der Waals surface area (Å²) >= 11 is 5.75. The van der Waals surface area contributed by atoms with Crippen molar-refractivity contribution < 1.29 is 18.3 Å². The molecule has 2 aromatic rings. The summed E-state index contributed by atoms with van der Waals surface area (Å²) in [4.78, 5) is 0. The molecule has 0 bridgehead atoms. The van der Waals surface area contributed by atoms with Crippen LogP contribution in [0.3, 0.4) is 0 Å². The minimum Gasteiger partial charge on any atom is -0.388 e. The van der Waals surface area contributed by atoms with Crippen LogP contribution in [0, 0.1) is 17.5 Å². The zero-order valence-electron chi connectivity index (χ0n) is 9.71. The van der Waals surface area contributed by atoms with Crippen molar-refractivity contribution in [3.63, 3.8) is 0 Å². The molecule has 0 spiro atoms. The highest BCUT2D eigenvalue weighted by Gasteiger charge is 2.14. The maximum Gasteiger partial charge on any atom is 0.142 e. The van der Waals surface area contributed by atoms with Crippen LogP contribution in [0.25, 0.3) is 0 Å². The molecule has 2 rings (SSSR count). The molecule has 1 nitrogen and oxygen atoms in total. The Bertz CT molecular complexity index is 581. The van der Waals surface area contributed by atoms with Crippen molar-refractivity contribution in [2.24, 2.45) is 0 Å². The van der Waals surface area contributed by atoms with Gasteiger partial charge in [0.05, 0.1) is 11.1 Å². The second-order valence-electron chi connectivity index (χ2n) is 4.14. The number of hydrogen-bond donors (Lipinski definition) is 1. The molecule has 1 atom stereocenters. The molecule has 0 aliphatic carbocycles. The average Bonchev–Trinajstić information content (AvgIpc) is 2.33. The van der Waals surface area contributed by atoms with Gasteiger partial charge >= 0.3 is 0 Å². The Hall–Kier alpha value is -1.52. The van der Waals surface area contributed by atoms with Gasteiger partial charge in [-0.05, 0) is 29.3 Å². The van der Waals surface area contributed by atoms with E-state index in [1.807, 2.05) is 0 Å². The summed E-state index contributed by atoms with van der Waals surface area (Å²) in [5.41, 5.74) is 0.455. The molecule has 0 fully saturated rings. The number of benzene rings is 2. The molecule has 0 aliphatic rings. The zero-order valence-corrected chi connectivity index (χ0v) is 10.5. The maximum atomic E-state index is 13.2. The van der Waals surface area contributed by atoms with Crippen LogP contribution < -0.4 is 0 Å². The van der Waals surface area contributed by atoms with E-state index in [0.717, 1.165) is 12.1 Å². The van der Waals surface area contributed by atoms with Crippen molar-refractivity contribution in [1.82, 2.24) is 0 Å². The first-order chi connectivity index (χ1) is 8.97. The summed E-state index contributed by atoms with van der Waals surface area (Å²) in [5.74, 6) is -2.16. The molecule has 0 saturated carbocycles. The smallest absolute Gasteiger partial charge is 0.142 e. The standard InChI is InChI=1S/C14H10ClF3O/c15-14-8(2-1-3-12(14)18)6-13(19)9-4-10(16)7-11(17)5-9/h1-5,7,13,19H,6H2. The Kier molecular flexibility index (Phi) is 4.12. The van der Waals surface area contributed by atoms with Crippen LogP contribution in [-0.2, 0) is 6.42 Å². The number of aliphatic hydroxyl groups is 1. The maximum absolute atomic E-state index is 13.2. The Morgan fingerprint density at radius 3 is 2.32 bits per heavy atom. The van der Waals surface area contributed by atoms with E-state index in [2.05, 4.69) is 0 Å². The normalized spacial score (nSPS) is 12.5. The largest absolute Gasteiger partial charge is 0.388 e. The van der Waals surface area contributed by atoms with E-state index >= 15 is 0 Å². The highest BCUT2D eigenvalue weighted by Crippen LogP contribution is 2.26. The average molecular weight is 287 g/mol. The fraction of sp³-hybridized carbons (Fsp3) is 0.143. The van der Waals surface area contributed by atoms with Crippen LogP contribution >= 0.6 is 11.6 Å². The van der Waals surface area contributed by atoms with E-state index in [9.17, 15) is 18.3 Å². The lowest BCUT2D eigenvalue weighted by Crippen LogP contribution is -2.04. The highest BCUT2D eigenvalue weighted by molar-refractivity contribution is 6.31. The summed E-state index contributed by atoms with van der Waals surface area (Å²) in [6, 6.07) is 6.97. The lowest BCUT2D eigenvalue weighted by molar-refractivity contribution is 0.177. The monoisotopic (exact) mass is 286 g/mol. The van der Waals surface area contributed by atoms with Gasteiger partial charge in [0.25, 0.3) is 0 Å². The van der Waals surface area contributed by atoms with E-state index in [1.165, 1.54) is 12.1 Å². The Morgan fingerprint density at radius 1 is 1.05 bits per heavy atom. The second kappa shape index (κ2) is 5.63. The predicted molar refractivity (Wildman–Crippen MR) is 66.4 cm³/mol. The van der Waals surface area contributed by atoms with Crippen molar-refractivity contribution in [2.45, 2.75) is 12.5 Å². The third kappa shape index (κ3) is 3.28. The summed E-state index contributed by atoms with van der Waals surface area (Å²) in [7, 11) is 0. The third-order valence-corrected chi connectivity index (χ3v) is 3.14. The summed E-state index contributed by atoms with van der Waals surface area (Å²) in [5, 5.41) is 9.83. The van der Waals surface area contributed by atoms with Gasteiger partial charge in [-0.25, -0.2) is 13.2 Å². The molecule has 2 aromatic carbocycles. The SMILES string of the molecule is OC(Cc1cccc(F)c1Cl)c1cc(F)cc(F)c1. The van der Waals surface area contributed by atoms with Crippen LogP contribution in [0.4, 0.5) is 13.2 Å². The number of rotatable bonds is 3. The number of halogens is 4. The van der Waals surface area contributed by atoms with Gasteiger partial charge in [0, 0.05) is 12.5 Å². The number of hydrogen-bond acceptors (Lipinski definition) is 1. The Balaban J connectivity index is 2.25. The first kappa shape index (κ1) is 13.9. The van der Waals surface area contributed by atoms with Gasteiger partial charge in [-0.1, -0.05) is 23.7 Å². The first-order valence-electron chi connectivity index (χ1n) is 5.54. The molecule has 0 aromatic heterocycles. The van der Waals surface area contributed by atoms with E-state index < -0.39 is 23.6 Å². The quantitative estimate of drug-likeness (QED) is 0.903. The molecule has 0 amide bonds. The molecule has 5 heteroatoms. The topological polar surface area (TPSA) is 20.2 Å². The van der Waals surface area contributed by atoms with Crippen LogP contribution in [0.5, 0.6) is 0 Å². The van der Waals surface area contributed by atoms with Crippen molar-refractivity contribution in [3.05, 3.63) is 70.0 Å². The minimum atomic E-state index is -1.16. The molecule has 1 N–H and O–H groups in total. The van der Waals surface area contributed by atoms with Crippen molar-refractivity contribution in [3.8, 4) is 0 Å². The molecule has 19 heavy (non-hydrogen) atoms. The predicted octanol–water partition coefficient (Wildman–Crippen LogP) is 4.03. The molecular formula is C14H10ClF3O. The molecule has 100 valence electrons. The van der Waals surface area contributed by atoms with Crippen molar-refractivity contribution >= 4 is 11.6 Å². The minimum absolute atomic E-state index is 0.0283. The Labute approximate surface area is 113 Å². The van der Waals surface area contributed by atoms with Gasteiger partial charge in [0.15, 0.2) is 0 Å². The molecular weight excluding hydrogens is 277 g/mol. The lowest BCUT2D eigenvalue weighted by Gasteiger charge is -2.12. The summed E-state index contributed by atoms with van der Waals surface area (Å²) in [6.45, 7) is 0. The van der Waals surface area contributed by atoms with Crippen molar-refractivity contribution in [2.75, 3.05) is 0 Å². The van der Waals surface area contributed by atoms with Crippen LogP contribution in [-0.4, -0.2) is 5.11 Å². The van der Waals surface area contributed by atoms with E-state index in [-0.39, 0.29) is 17.0 Å². The molecule has 0 saturated heterocycles. The van der Waals surface area contributed by atoms with E-state index in [0.29, 0.717) is 11.6 Å². The third-order valence-electron chi connectivity index (χ3n) is 2.71. The van der Waals surface area contributed by atoms with Gasteiger partial charge in [-0.2, -0.15) is 0 Å². The van der Waals surface area contributed by atoms with Crippen LogP contribution in [0.1, 0.15) is 17.2 Å². The number of aliphatic hydroxyl groups excluding tert-OH is 1. The zero-order chi connectivity index (χ0) is 14.0. The second-order valence-corrected chi connectivity index (χ2v) is 4.51. The van der Waals surface area contributed by atoms with Crippen LogP contribution in [0.2, 0.25) is 5.02 Å². The van der Waals surface area contributed by atoms with Crippen molar-refractivity contribution in [1.29, 1.82) is 0 Å². The fourth-order valence-corrected chi connectivity index (χ4v) is 2.00. The van der Waals surface area contributed by atoms with Crippen LogP contribution in [0.15, 0.2) is 36.4 Å². The van der Waals surface area contributed by atoms with E-state index in [4.69, 9.17) is 11.6 Å². The van der Waals surface area contributed by atoms with Gasteiger partial charge in [-0.3, -0.25) is 0 Å². The molecule has 0 heterocycles. The van der Waals surface area contributed by atoms with Gasteiger partial charge < -0.3 is 5.11 Å². The molecule has 0 radical (unpaired) electrons. The van der Waals surface area contributed by atoms with Gasteiger partial charge in [0.1, 0.15) is 17.5 Å². The fourth-order valence-electron chi connectivity index (χ4n) is 1.80. The highest BCUT2D eigenvalue weighted by atomic mass is 35.5. The molecule has 1 unspecified atom stereocenters. The summed E-state index contributed by atoms with van der Waals surface area (Å²) < 4.78 is 39.3. The summed E-state index contributed by atoms with van der Waals surface area (Å²) in [6.07, 6.45) is -1.19. The molecule has 0 aliphatic heterocycles.